The third kappa shape index (κ3) is 1.95. The highest BCUT2D eigenvalue weighted by Crippen LogP contribution is 2.22. The van der Waals surface area contributed by atoms with E-state index < -0.39 is 0 Å². The maximum Gasteiger partial charge on any atom is 0.258 e. The van der Waals surface area contributed by atoms with Crippen LogP contribution in [-0.4, -0.2) is 16.6 Å². The molecule has 3 rings (SSSR count). The summed E-state index contributed by atoms with van der Waals surface area (Å²) in [6.45, 7) is 1.92. The van der Waals surface area contributed by atoms with E-state index in [1.807, 2.05) is 49.4 Å². The quantitative estimate of drug-likeness (QED) is 0.775. The first-order valence-corrected chi connectivity index (χ1v) is 6.47. The second-order valence-electron chi connectivity index (χ2n) is 4.64. The van der Waals surface area contributed by atoms with Crippen molar-refractivity contribution in [1.82, 2.24) is 9.55 Å². The van der Waals surface area contributed by atoms with Crippen LogP contribution in [-0.2, 0) is 0 Å². The predicted molar refractivity (Wildman–Crippen MR) is 81.6 cm³/mol. The highest BCUT2D eigenvalue weighted by Gasteiger charge is 2.10. The molecule has 0 amide bonds. The van der Waals surface area contributed by atoms with Crippen LogP contribution in [0.1, 0.15) is 5.69 Å². The summed E-state index contributed by atoms with van der Waals surface area (Å²) in [7, 11) is 1.81. The van der Waals surface area contributed by atoms with Crippen molar-refractivity contribution in [2.45, 2.75) is 6.92 Å². The number of hydrogen-bond acceptors (Lipinski definition) is 3. The van der Waals surface area contributed by atoms with Crippen molar-refractivity contribution in [2.24, 2.45) is 0 Å². The van der Waals surface area contributed by atoms with Gasteiger partial charge < -0.3 is 5.32 Å². The SMILES string of the molecule is CNc1cc(=O)n(-c2ccccc2)c2nc(C)ccc12. The van der Waals surface area contributed by atoms with Crippen molar-refractivity contribution in [3.8, 4) is 5.69 Å². The number of nitrogens with one attached hydrogen (secondary N) is 1. The highest BCUT2D eigenvalue weighted by molar-refractivity contribution is 5.89. The van der Waals surface area contributed by atoms with Crippen LogP contribution in [0.25, 0.3) is 16.7 Å². The van der Waals surface area contributed by atoms with Crippen LogP contribution in [0.3, 0.4) is 0 Å². The number of fused-ring (bicyclic) bond motifs is 1. The molecule has 4 heteroatoms. The van der Waals surface area contributed by atoms with Crippen molar-refractivity contribution in [3.63, 3.8) is 0 Å². The molecule has 3 aromatic rings. The Labute approximate surface area is 116 Å². The molecule has 0 fully saturated rings. The number of rotatable bonds is 2. The molecule has 0 bridgehead atoms. The fourth-order valence-electron chi connectivity index (χ4n) is 2.33. The molecule has 0 atom stereocenters. The van der Waals surface area contributed by atoms with Crippen LogP contribution in [0.2, 0.25) is 0 Å². The largest absolute Gasteiger partial charge is 0.387 e. The molecular formula is C16H15N3O. The molecule has 0 aliphatic rings. The van der Waals surface area contributed by atoms with Gasteiger partial charge in [0.05, 0.1) is 11.4 Å². The third-order valence-corrected chi connectivity index (χ3v) is 3.29. The first-order valence-electron chi connectivity index (χ1n) is 6.47. The average molecular weight is 265 g/mol. The minimum atomic E-state index is -0.0915. The molecule has 1 N–H and O–H groups in total. The standard InChI is InChI=1S/C16H15N3O/c1-11-8-9-13-14(17-2)10-15(20)19(16(13)18-11)12-6-4-3-5-7-12/h3-10,17H,1-2H3. The number of nitrogens with zero attached hydrogens (tertiary/aromatic N) is 2. The van der Waals surface area contributed by atoms with Gasteiger partial charge in [-0.2, -0.15) is 0 Å². The third-order valence-electron chi connectivity index (χ3n) is 3.29. The highest BCUT2D eigenvalue weighted by atomic mass is 16.1. The van der Waals surface area contributed by atoms with Crippen molar-refractivity contribution < 1.29 is 0 Å². The van der Waals surface area contributed by atoms with Crippen LogP contribution < -0.4 is 10.9 Å². The Kier molecular flexibility index (Phi) is 2.99. The lowest BCUT2D eigenvalue weighted by Crippen LogP contribution is -2.19. The lowest BCUT2D eigenvalue weighted by molar-refractivity contribution is 1.01. The molecule has 0 spiro atoms. The van der Waals surface area contributed by atoms with Gasteiger partial charge in [0.15, 0.2) is 0 Å². The molecule has 100 valence electrons. The van der Waals surface area contributed by atoms with Gasteiger partial charge in [-0.25, -0.2) is 4.98 Å². The lowest BCUT2D eigenvalue weighted by Gasteiger charge is -2.13. The van der Waals surface area contributed by atoms with Crippen LogP contribution in [0, 0.1) is 6.92 Å². The molecule has 20 heavy (non-hydrogen) atoms. The Hall–Kier alpha value is -2.62. The normalized spacial score (nSPS) is 10.7. The van der Waals surface area contributed by atoms with Gasteiger partial charge in [0, 0.05) is 24.2 Å². The number of benzene rings is 1. The van der Waals surface area contributed by atoms with E-state index in [1.165, 1.54) is 0 Å². The van der Waals surface area contributed by atoms with Gasteiger partial charge in [-0.3, -0.25) is 9.36 Å². The van der Waals surface area contributed by atoms with Gasteiger partial charge in [-0.1, -0.05) is 18.2 Å². The molecule has 0 saturated carbocycles. The zero-order chi connectivity index (χ0) is 14.1. The summed E-state index contributed by atoms with van der Waals surface area (Å²) < 4.78 is 1.64. The first kappa shape index (κ1) is 12.4. The summed E-state index contributed by atoms with van der Waals surface area (Å²) in [6, 6.07) is 15.1. The van der Waals surface area contributed by atoms with Gasteiger partial charge in [0.2, 0.25) is 0 Å². The van der Waals surface area contributed by atoms with Gasteiger partial charge >= 0.3 is 0 Å². The number of para-hydroxylation sites is 1. The topological polar surface area (TPSA) is 46.9 Å². The molecule has 0 saturated heterocycles. The van der Waals surface area contributed by atoms with E-state index in [2.05, 4.69) is 10.3 Å². The average Bonchev–Trinajstić information content (AvgIpc) is 2.47. The Morgan fingerprint density at radius 1 is 1.10 bits per heavy atom. The van der Waals surface area contributed by atoms with E-state index >= 15 is 0 Å². The number of aryl methyl sites for hydroxylation is 1. The van der Waals surface area contributed by atoms with E-state index in [0.29, 0.717) is 5.65 Å². The molecule has 1 aromatic carbocycles. The number of anilines is 1. The minimum Gasteiger partial charge on any atom is -0.387 e. The van der Waals surface area contributed by atoms with Gasteiger partial charge in [0.1, 0.15) is 5.65 Å². The summed E-state index contributed by atoms with van der Waals surface area (Å²) in [5, 5.41) is 3.99. The molecule has 2 heterocycles. The molecule has 0 aliphatic carbocycles. The summed E-state index contributed by atoms with van der Waals surface area (Å²) in [6.07, 6.45) is 0. The van der Waals surface area contributed by atoms with Crippen molar-refractivity contribution in [2.75, 3.05) is 12.4 Å². The number of hydrogen-bond donors (Lipinski definition) is 1. The van der Waals surface area contributed by atoms with Gasteiger partial charge in [-0.15, -0.1) is 0 Å². The van der Waals surface area contributed by atoms with E-state index in [1.54, 1.807) is 17.7 Å². The van der Waals surface area contributed by atoms with Crippen LogP contribution in [0.4, 0.5) is 5.69 Å². The second-order valence-corrected chi connectivity index (χ2v) is 4.64. The van der Waals surface area contributed by atoms with Crippen LogP contribution in [0.15, 0.2) is 53.3 Å². The Balaban J connectivity index is 2.46. The van der Waals surface area contributed by atoms with Crippen molar-refractivity contribution in [1.29, 1.82) is 0 Å². The fourth-order valence-corrected chi connectivity index (χ4v) is 2.33. The monoisotopic (exact) mass is 265 g/mol. The molecule has 2 aromatic heterocycles. The molecule has 4 nitrogen and oxygen atoms in total. The van der Waals surface area contributed by atoms with Gasteiger partial charge in [-0.05, 0) is 31.2 Å². The zero-order valence-corrected chi connectivity index (χ0v) is 11.4. The van der Waals surface area contributed by atoms with Crippen LogP contribution >= 0.6 is 0 Å². The predicted octanol–water partition coefficient (Wildman–Crippen LogP) is 2.74. The molecule has 0 aliphatic heterocycles. The molecular weight excluding hydrogens is 250 g/mol. The molecule has 0 unspecified atom stereocenters. The summed E-state index contributed by atoms with van der Waals surface area (Å²) in [4.78, 5) is 17.0. The minimum absolute atomic E-state index is 0.0915. The first-order chi connectivity index (χ1) is 9.70. The summed E-state index contributed by atoms with van der Waals surface area (Å²) in [5.41, 5.74) is 3.09. The molecule has 0 radical (unpaired) electrons. The zero-order valence-electron chi connectivity index (χ0n) is 11.4. The maximum absolute atomic E-state index is 12.4. The Morgan fingerprint density at radius 2 is 1.85 bits per heavy atom. The maximum atomic E-state index is 12.4. The van der Waals surface area contributed by atoms with Gasteiger partial charge in [0.25, 0.3) is 5.56 Å². The smallest absolute Gasteiger partial charge is 0.258 e. The summed E-state index contributed by atoms with van der Waals surface area (Å²) >= 11 is 0. The Morgan fingerprint density at radius 3 is 2.55 bits per heavy atom. The number of pyridine rings is 2. The van der Waals surface area contributed by atoms with Crippen molar-refractivity contribution >= 4 is 16.7 Å². The summed E-state index contributed by atoms with van der Waals surface area (Å²) in [5.74, 6) is 0. The Bertz CT molecular complexity index is 822. The second kappa shape index (κ2) is 4.81. The van der Waals surface area contributed by atoms with E-state index in [9.17, 15) is 4.79 Å². The lowest BCUT2D eigenvalue weighted by atomic mass is 10.2. The van der Waals surface area contributed by atoms with Crippen molar-refractivity contribution in [3.05, 3.63) is 64.6 Å². The van der Waals surface area contributed by atoms with Crippen LogP contribution in [0.5, 0.6) is 0 Å². The fraction of sp³-hybridized carbons (Fsp3) is 0.125. The van der Waals surface area contributed by atoms with E-state index in [0.717, 1.165) is 22.5 Å². The van der Waals surface area contributed by atoms with E-state index in [4.69, 9.17) is 0 Å². The van der Waals surface area contributed by atoms with E-state index in [-0.39, 0.29) is 5.56 Å². The number of aromatic nitrogens is 2.